The third-order valence-corrected chi connectivity index (χ3v) is 26.0. The Labute approximate surface area is 87.8 Å². The van der Waals surface area contributed by atoms with Crippen LogP contribution in [0.4, 0.5) is 0 Å². The number of halogens is 6. The van der Waals surface area contributed by atoms with Crippen LogP contribution in [-0.2, 0) is 0 Å². The minimum Gasteiger partial charge on any atom is -0.125 e. The molecule has 0 aliphatic carbocycles. The highest BCUT2D eigenvalue weighted by Crippen LogP contribution is 2.39. The molecule has 9 heavy (non-hydrogen) atoms. The van der Waals surface area contributed by atoms with E-state index in [-0.39, 0.29) is 11.0 Å². The SMILES string of the molecule is Cl[Si](Cl)(Cl)[Si](Cl)(Cl)Cl.[SiH4]. The number of hydrogen-bond donors (Lipinski definition) is 0. The zero-order valence-electron chi connectivity index (χ0n) is 3.27. The molecule has 0 saturated heterocycles. The standard InChI is InChI=1S/Cl6Si2.H4Si/c1-7(2,3)8(4,5)6;/h;1H4. The minimum absolute atomic E-state index is 0. The van der Waals surface area contributed by atoms with Gasteiger partial charge in [-0.1, -0.05) is 0 Å². The molecule has 0 radical (unpaired) electrons. The van der Waals surface area contributed by atoms with Gasteiger partial charge in [0.25, 0.3) is 0 Å². The smallest absolute Gasteiger partial charge is 0.125 e. The van der Waals surface area contributed by atoms with Crippen molar-refractivity contribution in [2.75, 3.05) is 0 Å². The lowest BCUT2D eigenvalue weighted by molar-refractivity contribution is 3.49. The van der Waals surface area contributed by atoms with E-state index in [2.05, 4.69) is 0 Å². The summed E-state index contributed by atoms with van der Waals surface area (Å²) in [5, 5.41) is 0. The maximum Gasteiger partial charge on any atom is 0.376 e. The number of hydrogen-bond acceptors (Lipinski definition) is 0. The van der Waals surface area contributed by atoms with Gasteiger partial charge in [-0.3, -0.25) is 0 Å². The van der Waals surface area contributed by atoms with Gasteiger partial charge >= 0.3 is 11.0 Å². The van der Waals surface area contributed by atoms with E-state index in [0.29, 0.717) is 0 Å². The van der Waals surface area contributed by atoms with Crippen molar-refractivity contribution >= 4 is 88.5 Å². The van der Waals surface area contributed by atoms with E-state index in [0.717, 1.165) is 0 Å². The summed E-state index contributed by atoms with van der Waals surface area (Å²) < 4.78 is 0. The molecule has 0 aromatic rings. The van der Waals surface area contributed by atoms with Crippen LogP contribution in [0.15, 0.2) is 0 Å². The molecule has 0 aliphatic heterocycles. The maximum atomic E-state index is 5.34. The molecule has 0 nitrogen and oxygen atoms in total. The second-order valence-electron chi connectivity index (χ2n) is 0.996. The summed E-state index contributed by atoms with van der Waals surface area (Å²) in [5.41, 5.74) is -6.01. The van der Waals surface area contributed by atoms with Crippen LogP contribution in [0.25, 0.3) is 0 Å². The van der Waals surface area contributed by atoms with Crippen LogP contribution in [0.2, 0.25) is 0 Å². The Hall–Kier alpha value is 2.39. The Bertz CT molecular complexity index is 63.3. The lowest BCUT2D eigenvalue weighted by Gasteiger charge is -2.12. The highest BCUT2D eigenvalue weighted by atomic mass is 35.9. The highest BCUT2D eigenvalue weighted by molar-refractivity contribution is 8.10. The molecule has 0 aromatic carbocycles. The lowest BCUT2D eigenvalue weighted by atomic mass is 26.7. The zero-order chi connectivity index (χ0) is 7.00. The first-order valence-electron chi connectivity index (χ1n) is 1.38. The summed E-state index contributed by atoms with van der Waals surface area (Å²) in [5.74, 6) is 0. The van der Waals surface area contributed by atoms with Crippen molar-refractivity contribution in [2.24, 2.45) is 0 Å². The molecule has 0 atom stereocenters. The van der Waals surface area contributed by atoms with Crippen LogP contribution in [0.1, 0.15) is 0 Å². The predicted octanol–water partition coefficient (Wildman–Crippen LogP) is 1.92. The molecule has 0 unspecified atom stereocenters. The molecule has 0 heterocycles. The second-order valence-corrected chi connectivity index (χ2v) is 26.9. The van der Waals surface area contributed by atoms with Gasteiger partial charge in [0.15, 0.2) is 0 Å². The average Bonchev–Trinajstić information content (AvgIpc) is 1.25. The fourth-order valence-corrected chi connectivity index (χ4v) is 0. The monoisotopic (exact) mass is 298 g/mol. The fraction of sp³-hybridized carbons (Fsp3) is 0. The molecule has 0 aliphatic rings. The van der Waals surface area contributed by atoms with Crippen LogP contribution in [0, 0.1) is 0 Å². The molecule has 9 heteroatoms. The molecular formula is H4Cl6Si3. The van der Waals surface area contributed by atoms with Gasteiger partial charge in [-0.15, -0.1) is 66.5 Å². The third-order valence-electron chi connectivity index (χ3n) is 0.321. The first-order valence-corrected chi connectivity index (χ1v) is 12.5. The van der Waals surface area contributed by atoms with Crippen molar-refractivity contribution < 1.29 is 0 Å². The summed E-state index contributed by atoms with van der Waals surface area (Å²) in [4.78, 5) is 0. The van der Waals surface area contributed by atoms with Gasteiger partial charge in [-0.25, -0.2) is 0 Å². The molecule has 0 bridgehead atoms. The molecule has 0 amide bonds. The molecule has 58 valence electrons. The predicted molar refractivity (Wildman–Crippen MR) is 58.0 cm³/mol. The van der Waals surface area contributed by atoms with E-state index in [9.17, 15) is 0 Å². The van der Waals surface area contributed by atoms with Crippen molar-refractivity contribution in [3.8, 4) is 0 Å². The molecule has 0 rings (SSSR count). The van der Waals surface area contributed by atoms with Crippen LogP contribution in [0.5, 0.6) is 0 Å². The molecule has 0 spiro atoms. The quantitative estimate of drug-likeness (QED) is 0.513. The normalized spacial score (nSPS) is 12.7. The van der Waals surface area contributed by atoms with Crippen LogP contribution < -0.4 is 0 Å². The highest BCUT2D eigenvalue weighted by Gasteiger charge is 2.52. The van der Waals surface area contributed by atoms with Crippen LogP contribution >= 0.6 is 66.5 Å². The van der Waals surface area contributed by atoms with Crippen molar-refractivity contribution in [3.63, 3.8) is 0 Å². The molecule has 0 N–H and O–H groups in total. The van der Waals surface area contributed by atoms with Gasteiger partial charge in [0.05, 0.1) is 0 Å². The Morgan fingerprint density at radius 1 is 0.556 bits per heavy atom. The first kappa shape index (κ1) is 13.9. The first-order chi connectivity index (χ1) is 3.25. The van der Waals surface area contributed by atoms with E-state index >= 15 is 0 Å². The maximum absolute atomic E-state index is 5.34. The van der Waals surface area contributed by atoms with Gasteiger partial charge < -0.3 is 0 Å². The Morgan fingerprint density at radius 2 is 0.667 bits per heavy atom. The molecule has 0 saturated carbocycles. The summed E-state index contributed by atoms with van der Waals surface area (Å²) in [6.07, 6.45) is 0. The largest absolute Gasteiger partial charge is 0.376 e. The van der Waals surface area contributed by atoms with Gasteiger partial charge in [0.2, 0.25) is 0 Å². The van der Waals surface area contributed by atoms with Crippen molar-refractivity contribution in [1.29, 1.82) is 0 Å². The van der Waals surface area contributed by atoms with Gasteiger partial charge in [0, 0.05) is 0 Å². The van der Waals surface area contributed by atoms with E-state index in [1.165, 1.54) is 0 Å². The third kappa shape index (κ3) is 5.64. The lowest BCUT2D eigenvalue weighted by Crippen LogP contribution is -2.36. The summed E-state index contributed by atoms with van der Waals surface area (Å²) in [6.45, 7) is 0. The molecular weight excluding hydrogens is 297 g/mol. The molecule has 0 aromatic heterocycles. The topological polar surface area (TPSA) is 0 Å². The Morgan fingerprint density at radius 3 is 0.667 bits per heavy atom. The van der Waals surface area contributed by atoms with Crippen LogP contribution in [-0.4, -0.2) is 22.0 Å². The fourth-order valence-electron chi connectivity index (χ4n) is 0. The zero-order valence-corrected chi connectivity index (χ0v) is 9.80. The van der Waals surface area contributed by atoms with E-state index in [1.54, 1.807) is 0 Å². The van der Waals surface area contributed by atoms with Crippen molar-refractivity contribution in [1.82, 2.24) is 0 Å². The summed E-state index contributed by atoms with van der Waals surface area (Å²) in [6, 6.07) is 0. The van der Waals surface area contributed by atoms with E-state index in [4.69, 9.17) is 66.5 Å². The van der Waals surface area contributed by atoms with E-state index < -0.39 is 11.0 Å². The van der Waals surface area contributed by atoms with E-state index in [1.807, 2.05) is 0 Å². The summed E-state index contributed by atoms with van der Waals surface area (Å²) in [7, 11) is 0. The summed E-state index contributed by atoms with van der Waals surface area (Å²) >= 11 is 32.1. The average molecular weight is 301 g/mol. The Kier molecular flexibility index (Phi) is 6.86. The minimum atomic E-state index is -3.01. The second kappa shape index (κ2) is 4.42. The Balaban J connectivity index is 0. The van der Waals surface area contributed by atoms with Gasteiger partial charge in [-0.05, 0) is 11.0 Å². The molecule has 0 fully saturated rings. The van der Waals surface area contributed by atoms with Crippen molar-refractivity contribution in [2.45, 2.75) is 0 Å². The van der Waals surface area contributed by atoms with Gasteiger partial charge in [0.1, 0.15) is 0 Å². The number of rotatable bonds is 1. The van der Waals surface area contributed by atoms with Crippen LogP contribution in [0.3, 0.4) is 0 Å². The van der Waals surface area contributed by atoms with Crippen molar-refractivity contribution in [3.05, 3.63) is 0 Å². The van der Waals surface area contributed by atoms with Gasteiger partial charge in [-0.2, -0.15) is 0 Å².